The van der Waals surface area contributed by atoms with Crippen LogP contribution in [-0.2, 0) is 4.79 Å². The highest BCUT2D eigenvalue weighted by atomic mass is 35.5. The zero-order valence-corrected chi connectivity index (χ0v) is 15.6. The first kappa shape index (κ1) is 18.3. The maximum Gasteiger partial charge on any atom is 0.222 e. The molecule has 0 unspecified atom stereocenters. The van der Waals surface area contributed by atoms with Gasteiger partial charge < -0.3 is 9.80 Å². The normalized spacial score (nSPS) is 22.0. The largest absolute Gasteiger partial charge is 0.369 e. The second kappa shape index (κ2) is 8.72. The number of piperazine rings is 1. The van der Waals surface area contributed by atoms with Crippen LogP contribution in [0.3, 0.4) is 0 Å². The van der Waals surface area contributed by atoms with Crippen molar-refractivity contribution in [3.05, 3.63) is 41.9 Å². The van der Waals surface area contributed by atoms with Crippen molar-refractivity contribution in [1.29, 1.82) is 0 Å². The van der Waals surface area contributed by atoms with E-state index in [1.54, 1.807) is 0 Å². The highest BCUT2D eigenvalue weighted by molar-refractivity contribution is 6.30. The minimum Gasteiger partial charge on any atom is -0.369 e. The van der Waals surface area contributed by atoms with E-state index in [2.05, 4.69) is 27.3 Å². The van der Waals surface area contributed by atoms with Gasteiger partial charge in [0, 0.05) is 62.4 Å². The summed E-state index contributed by atoms with van der Waals surface area (Å²) in [6.07, 6.45) is 5.51. The summed E-state index contributed by atoms with van der Waals surface area (Å²) in [7, 11) is 0. The number of carbonyl (C=O) groups excluding carboxylic acids is 1. The number of hydrogen-bond donors (Lipinski definition) is 0. The summed E-state index contributed by atoms with van der Waals surface area (Å²) in [5, 5.41) is 0.792. The third-order valence-corrected chi connectivity index (χ3v) is 5.55. The molecule has 0 spiro atoms. The van der Waals surface area contributed by atoms with Crippen LogP contribution >= 0.6 is 11.6 Å². The van der Waals surface area contributed by atoms with E-state index in [4.69, 9.17) is 11.6 Å². The molecule has 1 aromatic rings. The Morgan fingerprint density at radius 3 is 2.76 bits per heavy atom. The molecule has 2 aliphatic heterocycles. The predicted octanol–water partition coefficient (Wildman–Crippen LogP) is 3.42. The Labute approximate surface area is 156 Å². The van der Waals surface area contributed by atoms with Crippen LogP contribution in [0.15, 0.2) is 36.9 Å². The van der Waals surface area contributed by atoms with Crippen molar-refractivity contribution in [1.82, 2.24) is 9.80 Å². The molecule has 2 saturated heterocycles. The summed E-state index contributed by atoms with van der Waals surface area (Å²) in [4.78, 5) is 19.3. The van der Waals surface area contributed by atoms with E-state index >= 15 is 0 Å². The van der Waals surface area contributed by atoms with Gasteiger partial charge in [-0.2, -0.15) is 0 Å². The molecule has 2 heterocycles. The number of allylic oxidation sites excluding steroid dienone is 1. The van der Waals surface area contributed by atoms with Crippen LogP contribution in [0.25, 0.3) is 0 Å². The molecule has 0 bridgehead atoms. The predicted molar refractivity (Wildman–Crippen MR) is 104 cm³/mol. The molecule has 5 heteroatoms. The Hall–Kier alpha value is -1.52. The lowest BCUT2D eigenvalue weighted by Crippen LogP contribution is -2.55. The number of halogens is 1. The smallest absolute Gasteiger partial charge is 0.222 e. The standard InChI is InChI=1S/C20H28ClN3O/c1-2-3-9-20(25)24-10-5-8-19(16-24)23-13-11-22(12-14-23)18-7-4-6-17(21)15-18/h2,4,6-7,15,19H,1,3,5,8-14,16H2/t19-/m0/s1. The van der Waals surface area contributed by atoms with Crippen molar-refractivity contribution in [2.45, 2.75) is 31.7 Å². The van der Waals surface area contributed by atoms with Crippen molar-refractivity contribution >= 4 is 23.2 Å². The third-order valence-electron chi connectivity index (χ3n) is 5.32. The van der Waals surface area contributed by atoms with Crippen molar-refractivity contribution < 1.29 is 4.79 Å². The first-order valence-electron chi connectivity index (χ1n) is 9.30. The van der Waals surface area contributed by atoms with Gasteiger partial charge in [0.05, 0.1) is 0 Å². The number of carbonyl (C=O) groups is 1. The molecule has 1 amide bonds. The van der Waals surface area contributed by atoms with Crippen LogP contribution in [0.4, 0.5) is 5.69 Å². The second-order valence-electron chi connectivity index (χ2n) is 6.97. The molecule has 1 atom stereocenters. The number of amides is 1. The number of rotatable bonds is 5. The molecule has 0 aliphatic carbocycles. The molecule has 136 valence electrons. The average molecular weight is 362 g/mol. The van der Waals surface area contributed by atoms with Gasteiger partial charge in [0.1, 0.15) is 0 Å². The lowest BCUT2D eigenvalue weighted by Gasteiger charge is -2.44. The van der Waals surface area contributed by atoms with Gasteiger partial charge >= 0.3 is 0 Å². The number of piperidine rings is 1. The maximum atomic E-state index is 12.3. The van der Waals surface area contributed by atoms with Gasteiger partial charge in [-0.05, 0) is 37.5 Å². The molecule has 0 aromatic heterocycles. The van der Waals surface area contributed by atoms with Crippen LogP contribution < -0.4 is 4.90 Å². The number of benzene rings is 1. The summed E-state index contributed by atoms with van der Waals surface area (Å²) in [5.41, 5.74) is 1.21. The molecule has 0 saturated carbocycles. The fourth-order valence-electron chi connectivity index (χ4n) is 3.88. The SMILES string of the molecule is C=CCCC(=O)N1CCC[C@H](N2CCN(c3cccc(Cl)c3)CC2)C1. The zero-order valence-electron chi connectivity index (χ0n) is 14.9. The zero-order chi connectivity index (χ0) is 17.6. The van der Waals surface area contributed by atoms with Crippen molar-refractivity contribution in [3.8, 4) is 0 Å². The van der Waals surface area contributed by atoms with Gasteiger partial charge in [0.15, 0.2) is 0 Å². The van der Waals surface area contributed by atoms with Crippen LogP contribution in [-0.4, -0.2) is 61.0 Å². The Kier molecular flexibility index (Phi) is 6.38. The van der Waals surface area contributed by atoms with E-state index in [0.717, 1.165) is 57.1 Å². The van der Waals surface area contributed by atoms with Gasteiger partial charge in [-0.15, -0.1) is 6.58 Å². The van der Waals surface area contributed by atoms with E-state index in [-0.39, 0.29) is 5.91 Å². The quantitative estimate of drug-likeness (QED) is 0.752. The van der Waals surface area contributed by atoms with Crippen LogP contribution in [0.1, 0.15) is 25.7 Å². The first-order valence-corrected chi connectivity index (χ1v) is 9.68. The first-order chi connectivity index (χ1) is 12.2. The molecule has 2 fully saturated rings. The number of likely N-dealkylation sites (tertiary alicyclic amines) is 1. The molecule has 2 aliphatic rings. The average Bonchev–Trinajstić information content (AvgIpc) is 2.66. The summed E-state index contributed by atoms with van der Waals surface area (Å²) in [5.74, 6) is 0.280. The minimum atomic E-state index is 0.280. The van der Waals surface area contributed by atoms with Gasteiger partial charge in [0.25, 0.3) is 0 Å². The Bertz CT molecular complexity index is 598. The molecular weight excluding hydrogens is 334 g/mol. The maximum absolute atomic E-state index is 12.3. The Morgan fingerprint density at radius 2 is 2.04 bits per heavy atom. The lowest BCUT2D eigenvalue weighted by molar-refractivity contribution is -0.133. The van der Waals surface area contributed by atoms with E-state index in [0.29, 0.717) is 12.5 Å². The number of hydrogen-bond acceptors (Lipinski definition) is 3. The Morgan fingerprint density at radius 1 is 1.24 bits per heavy atom. The summed E-state index contributed by atoms with van der Waals surface area (Å²) in [6, 6.07) is 8.60. The summed E-state index contributed by atoms with van der Waals surface area (Å²) < 4.78 is 0. The van der Waals surface area contributed by atoms with E-state index in [9.17, 15) is 4.79 Å². The molecule has 1 aromatic carbocycles. The van der Waals surface area contributed by atoms with Crippen molar-refractivity contribution in [2.75, 3.05) is 44.2 Å². The van der Waals surface area contributed by atoms with Gasteiger partial charge in [-0.3, -0.25) is 9.69 Å². The topological polar surface area (TPSA) is 26.8 Å². The Balaban J connectivity index is 1.52. The fraction of sp³-hybridized carbons (Fsp3) is 0.550. The van der Waals surface area contributed by atoms with Crippen molar-refractivity contribution in [3.63, 3.8) is 0 Å². The second-order valence-corrected chi connectivity index (χ2v) is 7.40. The fourth-order valence-corrected chi connectivity index (χ4v) is 4.07. The van der Waals surface area contributed by atoms with Crippen molar-refractivity contribution in [2.24, 2.45) is 0 Å². The molecule has 0 N–H and O–H groups in total. The molecule has 3 rings (SSSR count). The molecule has 25 heavy (non-hydrogen) atoms. The molecule has 0 radical (unpaired) electrons. The monoisotopic (exact) mass is 361 g/mol. The van der Waals surface area contributed by atoms with Gasteiger partial charge in [0.2, 0.25) is 5.91 Å². The van der Waals surface area contributed by atoms with E-state index < -0.39 is 0 Å². The summed E-state index contributed by atoms with van der Waals surface area (Å²) >= 11 is 6.12. The van der Waals surface area contributed by atoms with E-state index in [1.165, 1.54) is 12.1 Å². The number of nitrogens with zero attached hydrogens (tertiary/aromatic N) is 3. The number of anilines is 1. The lowest BCUT2D eigenvalue weighted by atomic mass is 10.0. The van der Waals surface area contributed by atoms with Crippen LogP contribution in [0.5, 0.6) is 0 Å². The minimum absolute atomic E-state index is 0.280. The van der Waals surface area contributed by atoms with Crippen LogP contribution in [0.2, 0.25) is 5.02 Å². The van der Waals surface area contributed by atoms with Crippen LogP contribution in [0, 0.1) is 0 Å². The highest BCUT2D eigenvalue weighted by Gasteiger charge is 2.29. The summed E-state index contributed by atoms with van der Waals surface area (Å²) in [6.45, 7) is 9.63. The highest BCUT2D eigenvalue weighted by Crippen LogP contribution is 2.23. The van der Waals surface area contributed by atoms with Gasteiger partial charge in [-0.25, -0.2) is 0 Å². The third kappa shape index (κ3) is 4.77. The van der Waals surface area contributed by atoms with Gasteiger partial charge in [-0.1, -0.05) is 23.7 Å². The molecular formula is C20H28ClN3O. The van der Waals surface area contributed by atoms with E-state index in [1.807, 2.05) is 24.3 Å². The molecule has 4 nitrogen and oxygen atoms in total.